The molecule has 0 aliphatic carbocycles. The van der Waals surface area contributed by atoms with Crippen molar-refractivity contribution >= 4 is 23.4 Å². The van der Waals surface area contributed by atoms with E-state index in [0.29, 0.717) is 16.5 Å². The van der Waals surface area contributed by atoms with Crippen molar-refractivity contribution in [2.75, 3.05) is 0 Å². The van der Waals surface area contributed by atoms with Gasteiger partial charge < -0.3 is 0 Å². The molecule has 5 nitrogen and oxygen atoms in total. The number of benzene rings is 1. The Balaban J connectivity index is 1.74. The van der Waals surface area contributed by atoms with Gasteiger partial charge in [-0.2, -0.15) is 5.10 Å². The third-order valence-electron chi connectivity index (χ3n) is 3.69. The van der Waals surface area contributed by atoms with E-state index in [1.165, 1.54) is 16.4 Å². The first-order chi connectivity index (χ1) is 12.4. The fraction of sp³-hybridized carbons (Fsp3) is 0.263. The van der Waals surface area contributed by atoms with Gasteiger partial charge in [0.25, 0.3) is 5.56 Å². The first kappa shape index (κ1) is 18.6. The molecule has 0 fully saturated rings. The molecule has 0 saturated heterocycles. The van der Waals surface area contributed by atoms with Gasteiger partial charge in [0, 0.05) is 23.7 Å². The van der Waals surface area contributed by atoms with E-state index >= 15 is 0 Å². The number of hydrogen-bond acceptors (Lipinski definition) is 5. The quantitative estimate of drug-likeness (QED) is 0.622. The fourth-order valence-corrected chi connectivity index (χ4v) is 3.50. The van der Waals surface area contributed by atoms with E-state index in [4.69, 9.17) is 11.6 Å². The maximum absolute atomic E-state index is 12.4. The van der Waals surface area contributed by atoms with Crippen LogP contribution in [-0.2, 0) is 11.3 Å². The number of nitrogens with zero attached hydrogens (tertiary/aromatic N) is 4. The molecular weight excluding hydrogens is 368 g/mol. The summed E-state index contributed by atoms with van der Waals surface area (Å²) in [6.07, 6.45) is 5.10. The maximum Gasteiger partial charge on any atom is 0.287 e. The van der Waals surface area contributed by atoms with Crippen molar-refractivity contribution in [2.45, 2.75) is 37.0 Å². The van der Waals surface area contributed by atoms with Crippen LogP contribution in [0.15, 0.2) is 58.6 Å². The minimum atomic E-state index is -0.404. The Hall–Kier alpha value is -2.18. The molecule has 0 aliphatic heterocycles. The fourth-order valence-electron chi connectivity index (χ4n) is 2.36. The van der Waals surface area contributed by atoms with Crippen LogP contribution in [0, 0.1) is 0 Å². The molecule has 2 aromatic heterocycles. The number of hydrogen-bond donors (Lipinski definition) is 0. The van der Waals surface area contributed by atoms with Crippen molar-refractivity contribution in [3.63, 3.8) is 0 Å². The summed E-state index contributed by atoms with van der Waals surface area (Å²) in [5, 5.41) is 4.48. The van der Waals surface area contributed by atoms with E-state index in [9.17, 15) is 4.79 Å². The Labute approximate surface area is 161 Å². The third-order valence-corrected chi connectivity index (χ3v) is 5.27. The van der Waals surface area contributed by atoms with Gasteiger partial charge >= 0.3 is 0 Å². The predicted octanol–water partition coefficient (Wildman–Crippen LogP) is 4.40. The minimum absolute atomic E-state index is 0.217. The van der Waals surface area contributed by atoms with E-state index in [1.807, 2.05) is 45.0 Å². The van der Waals surface area contributed by atoms with Gasteiger partial charge in [0.2, 0.25) is 0 Å². The van der Waals surface area contributed by atoms with Crippen LogP contribution in [0.2, 0.25) is 5.02 Å². The molecule has 0 N–H and O–H groups in total. The van der Waals surface area contributed by atoms with Gasteiger partial charge in [0.1, 0.15) is 5.02 Å². The Kier molecular flexibility index (Phi) is 5.44. The van der Waals surface area contributed by atoms with Crippen LogP contribution in [0.25, 0.3) is 11.4 Å². The first-order valence-electron chi connectivity index (χ1n) is 8.14. The predicted molar refractivity (Wildman–Crippen MR) is 106 cm³/mol. The lowest BCUT2D eigenvalue weighted by molar-refractivity contribution is 0.336. The highest BCUT2D eigenvalue weighted by atomic mass is 35.5. The monoisotopic (exact) mass is 386 g/mol. The SMILES string of the molecule is CC(C)(C)n1ncc(SCc2ccc(-c3ncccn3)cc2)c(Cl)c1=O. The second kappa shape index (κ2) is 7.60. The average Bonchev–Trinajstić information content (AvgIpc) is 2.63. The molecule has 3 aromatic rings. The second-order valence-electron chi connectivity index (χ2n) is 6.77. The van der Waals surface area contributed by atoms with E-state index in [0.717, 1.165) is 11.1 Å². The Bertz CT molecular complexity index is 950. The molecule has 26 heavy (non-hydrogen) atoms. The van der Waals surface area contributed by atoms with E-state index in [2.05, 4.69) is 15.1 Å². The van der Waals surface area contributed by atoms with Crippen molar-refractivity contribution in [1.29, 1.82) is 0 Å². The van der Waals surface area contributed by atoms with Gasteiger partial charge in [-0.1, -0.05) is 35.9 Å². The molecule has 0 spiro atoms. The largest absolute Gasteiger partial charge is 0.287 e. The average molecular weight is 387 g/mol. The second-order valence-corrected chi connectivity index (χ2v) is 8.16. The summed E-state index contributed by atoms with van der Waals surface area (Å²) in [6, 6.07) is 9.82. The van der Waals surface area contributed by atoms with E-state index in [-0.39, 0.29) is 10.6 Å². The van der Waals surface area contributed by atoms with Crippen LogP contribution in [-0.4, -0.2) is 19.7 Å². The first-order valence-corrected chi connectivity index (χ1v) is 9.50. The highest BCUT2D eigenvalue weighted by molar-refractivity contribution is 7.98. The number of thioether (sulfide) groups is 1. The van der Waals surface area contributed by atoms with Crippen molar-refractivity contribution < 1.29 is 0 Å². The Morgan fingerprint density at radius 3 is 2.38 bits per heavy atom. The zero-order valence-electron chi connectivity index (χ0n) is 14.8. The molecule has 7 heteroatoms. The van der Waals surface area contributed by atoms with Crippen molar-refractivity contribution in [3.8, 4) is 11.4 Å². The highest BCUT2D eigenvalue weighted by Gasteiger charge is 2.19. The molecule has 0 amide bonds. The number of rotatable bonds is 4. The summed E-state index contributed by atoms with van der Waals surface area (Å²) >= 11 is 7.76. The van der Waals surface area contributed by atoms with Gasteiger partial charge in [-0.3, -0.25) is 4.79 Å². The molecule has 1 aromatic carbocycles. The van der Waals surface area contributed by atoms with Crippen molar-refractivity contribution in [1.82, 2.24) is 19.7 Å². The Morgan fingerprint density at radius 1 is 1.12 bits per heavy atom. The van der Waals surface area contributed by atoms with Crippen molar-refractivity contribution in [2.24, 2.45) is 0 Å². The van der Waals surface area contributed by atoms with Gasteiger partial charge in [0.15, 0.2) is 5.82 Å². The molecule has 0 atom stereocenters. The normalized spacial score (nSPS) is 11.5. The zero-order chi connectivity index (χ0) is 18.7. The molecule has 0 aliphatic rings. The summed E-state index contributed by atoms with van der Waals surface area (Å²) in [5.41, 5.74) is 1.41. The smallest absolute Gasteiger partial charge is 0.266 e. The zero-order valence-corrected chi connectivity index (χ0v) is 16.4. The lowest BCUT2D eigenvalue weighted by Crippen LogP contribution is -2.36. The number of aromatic nitrogens is 4. The summed E-state index contributed by atoms with van der Waals surface area (Å²) in [6.45, 7) is 5.76. The van der Waals surface area contributed by atoms with Crippen molar-refractivity contribution in [3.05, 3.63) is 69.9 Å². The molecular formula is C19H19ClN4OS. The maximum atomic E-state index is 12.4. The van der Waals surface area contributed by atoms with Crippen LogP contribution >= 0.6 is 23.4 Å². The molecule has 0 saturated carbocycles. The molecule has 0 radical (unpaired) electrons. The summed E-state index contributed by atoms with van der Waals surface area (Å²) in [5.74, 6) is 1.39. The third kappa shape index (κ3) is 4.14. The van der Waals surface area contributed by atoms with Crippen LogP contribution < -0.4 is 5.56 Å². The van der Waals surface area contributed by atoms with E-state index < -0.39 is 5.54 Å². The minimum Gasteiger partial charge on any atom is -0.266 e. The molecule has 2 heterocycles. The van der Waals surface area contributed by atoms with Crippen LogP contribution in [0.1, 0.15) is 26.3 Å². The number of halogens is 1. The Morgan fingerprint density at radius 2 is 1.77 bits per heavy atom. The van der Waals surface area contributed by atoms with E-state index in [1.54, 1.807) is 24.7 Å². The lowest BCUT2D eigenvalue weighted by Gasteiger charge is -2.21. The van der Waals surface area contributed by atoms with Gasteiger partial charge in [-0.25, -0.2) is 14.6 Å². The topological polar surface area (TPSA) is 60.7 Å². The van der Waals surface area contributed by atoms with Gasteiger partial charge in [0.05, 0.1) is 16.6 Å². The summed E-state index contributed by atoms with van der Waals surface area (Å²) in [4.78, 5) is 21.6. The molecule has 0 unspecified atom stereocenters. The van der Waals surface area contributed by atoms with Crippen LogP contribution in [0.3, 0.4) is 0 Å². The molecule has 134 valence electrons. The molecule has 0 bridgehead atoms. The van der Waals surface area contributed by atoms with Gasteiger partial charge in [-0.15, -0.1) is 11.8 Å². The van der Waals surface area contributed by atoms with Gasteiger partial charge in [-0.05, 0) is 32.4 Å². The highest BCUT2D eigenvalue weighted by Crippen LogP contribution is 2.28. The lowest BCUT2D eigenvalue weighted by atomic mass is 10.1. The summed E-state index contributed by atoms with van der Waals surface area (Å²) < 4.78 is 1.41. The molecule has 3 rings (SSSR count). The van der Waals surface area contributed by atoms with Crippen LogP contribution in [0.5, 0.6) is 0 Å². The standard InChI is InChI=1S/C19H19ClN4OS/c1-19(2,3)24-18(25)16(20)15(11-23-24)26-12-13-5-7-14(8-6-13)17-21-9-4-10-22-17/h4-11H,12H2,1-3H3. The van der Waals surface area contributed by atoms with Crippen LogP contribution in [0.4, 0.5) is 0 Å². The summed E-state index contributed by atoms with van der Waals surface area (Å²) in [7, 11) is 0.